The number of hydrogen-bond acceptors (Lipinski definition) is 5. The van der Waals surface area contributed by atoms with Crippen LogP contribution in [0.4, 0.5) is 15.8 Å². The van der Waals surface area contributed by atoms with E-state index in [-0.39, 0.29) is 33.9 Å². The molecule has 3 aromatic rings. The van der Waals surface area contributed by atoms with Crippen LogP contribution in [0.15, 0.2) is 71.6 Å². The van der Waals surface area contributed by atoms with E-state index in [4.69, 9.17) is 16.3 Å². The molecule has 36 heavy (non-hydrogen) atoms. The molecule has 0 aliphatic carbocycles. The number of hydrogen-bond donors (Lipinski definition) is 0. The monoisotopic (exact) mass is 531 g/mol. The Morgan fingerprint density at radius 3 is 2.22 bits per heavy atom. The van der Waals surface area contributed by atoms with E-state index in [0.29, 0.717) is 31.9 Å². The number of sulfonamides is 1. The third kappa shape index (κ3) is 5.57. The number of rotatable bonds is 7. The molecule has 0 atom stereocenters. The van der Waals surface area contributed by atoms with Crippen LogP contribution in [0, 0.1) is 12.7 Å². The first-order chi connectivity index (χ1) is 17.2. The van der Waals surface area contributed by atoms with E-state index in [1.54, 1.807) is 41.3 Å². The Morgan fingerprint density at radius 1 is 1.00 bits per heavy atom. The van der Waals surface area contributed by atoms with Crippen LogP contribution in [-0.2, 0) is 14.8 Å². The zero-order valence-corrected chi connectivity index (χ0v) is 21.6. The van der Waals surface area contributed by atoms with Crippen LogP contribution in [-0.4, -0.2) is 59.1 Å². The van der Waals surface area contributed by atoms with Gasteiger partial charge in [-0.15, -0.1) is 0 Å². The van der Waals surface area contributed by atoms with Crippen LogP contribution >= 0.6 is 11.6 Å². The van der Waals surface area contributed by atoms with Gasteiger partial charge in [-0.25, -0.2) is 12.8 Å². The van der Waals surface area contributed by atoms with Gasteiger partial charge in [0.25, 0.3) is 10.0 Å². The van der Waals surface area contributed by atoms with Crippen LogP contribution in [0.2, 0.25) is 5.02 Å². The number of halogens is 2. The van der Waals surface area contributed by atoms with E-state index in [1.807, 2.05) is 6.92 Å². The molecule has 0 radical (unpaired) electrons. The number of carbonyl (C=O) groups excluding carboxylic acids is 1. The quantitative estimate of drug-likeness (QED) is 0.453. The second-order valence-corrected chi connectivity index (χ2v) is 10.8. The molecule has 0 unspecified atom stereocenters. The van der Waals surface area contributed by atoms with Gasteiger partial charge in [0.05, 0.1) is 22.7 Å². The smallest absolute Gasteiger partial charge is 0.264 e. The molecule has 0 spiro atoms. The summed E-state index contributed by atoms with van der Waals surface area (Å²) in [5.74, 6) is -0.228. The third-order valence-electron chi connectivity index (χ3n) is 6.14. The summed E-state index contributed by atoms with van der Waals surface area (Å²) in [5, 5.41) is 0.236. The molecule has 1 saturated heterocycles. The lowest BCUT2D eigenvalue weighted by Gasteiger charge is -2.37. The minimum absolute atomic E-state index is 0.0777. The molecule has 190 valence electrons. The molecule has 1 fully saturated rings. The van der Waals surface area contributed by atoms with E-state index in [9.17, 15) is 17.6 Å². The van der Waals surface area contributed by atoms with Crippen molar-refractivity contribution in [2.24, 2.45) is 0 Å². The molecule has 0 bridgehead atoms. The molecule has 1 aliphatic heterocycles. The van der Waals surface area contributed by atoms with Crippen molar-refractivity contribution in [1.29, 1.82) is 0 Å². The molecule has 1 amide bonds. The summed E-state index contributed by atoms with van der Waals surface area (Å²) in [6.07, 6.45) is 0. The van der Waals surface area contributed by atoms with Gasteiger partial charge in [-0.1, -0.05) is 29.3 Å². The van der Waals surface area contributed by atoms with E-state index in [2.05, 4.69) is 4.90 Å². The normalized spacial score (nSPS) is 14.0. The van der Waals surface area contributed by atoms with Crippen LogP contribution in [0.3, 0.4) is 0 Å². The van der Waals surface area contributed by atoms with Gasteiger partial charge in [-0.2, -0.15) is 0 Å². The van der Waals surface area contributed by atoms with Crippen molar-refractivity contribution in [1.82, 2.24) is 4.90 Å². The number of piperazine rings is 1. The minimum atomic E-state index is -4.06. The van der Waals surface area contributed by atoms with Gasteiger partial charge in [-0.05, 0) is 61.5 Å². The number of anilines is 2. The first-order valence-corrected chi connectivity index (χ1v) is 13.2. The number of ether oxygens (including phenoxy) is 1. The molecular weight excluding hydrogens is 505 g/mol. The standard InChI is InChI=1S/C26H27ClFN3O4S/c1-19-3-10-23(11-4-19)36(33,34)31(22-9-12-25(35-2)24(27)17-22)18-26(32)30-15-13-29(14-16-30)21-7-5-20(28)6-8-21/h3-12,17H,13-16,18H2,1-2H3. The molecule has 1 aliphatic rings. The highest BCUT2D eigenvalue weighted by Crippen LogP contribution is 2.32. The first-order valence-electron chi connectivity index (χ1n) is 11.4. The Kier molecular flexibility index (Phi) is 7.70. The molecule has 0 saturated carbocycles. The fourth-order valence-electron chi connectivity index (χ4n) is 4.05. The average Bonchev–Trinajstić information content (AvgIpc) is 2.88. The van der Waals surface area contributed by atoms with Crippen molar-refractivity contribution < 1.29 is 22.3 Å². The number of methoxy groups -OCH3 is 1. The summed E-state index contributed by atoms with van der Waals surface area (Å²) >= 11 is 6.29. The van der Waals surface area contributed by atoms with Gasteiger partial charge < -0.3 is 14.5 Å². The lowest BCUT2D eigenvalue weighted by Crippen LogP contribution is -2.52. The summed E-state index contributed by atoms with van der Waals surface area (Å²) in [6.45, 7) is 3.42. The maximum Gasteiger partial charge on any atom is 0.264 e. The van der Waals surface area contributed by atoms with Crippen molar-refractivity contribution in [2.75, 3.05) is 49.0 Å². The summed E-state index contributed by atoms with van der Waals surface area (Å²) in [4.78, 5) is 17.1. The number of nitrogens with zero attached hydrogens (tertiary/aromatic N) is 3. The molecule has 10 heteroatoms. The lowest BCUT2D eigenvalue weighted by molar-refractivity contribution is -0.129. The summed E-state index contributed by atoms with van der Waals surface area (Å²) < 4.78 is 46.8. The highest BCUT2D eigenvalue weighted by Gasteiger charge is 2.30. The van der Waals surface area contributed by atoms with E-state index in [1.165, 1.54) is 37.4 Å². The van der Waals surface area contributed by atoms with E-state index in [0.717, 1.165) is 15.6 Å². The highest BCUT2D eigenvalue weighted by molar-refractivity contribution is 7.92. The Balaban J connectivity index is 1.56. The number of amides is 1. The fraction of sp³-hybridized carbons (Fsp3) is 0.269. The number of benzene rings is 3. The lowest BCUT2D eigenvalue weighted by atomic mass is 10.2. The van der Waals surface area contributed by atoms with Crippen LogP contribution in [0.1, 0.15) is 5.56 Å². The SMILES string of the molecule is COc1ccc(N(CC(=O)N2CCN(c3ccc(F)cc3)CC2)S(=O)(=O)c2ccc(C)cc2)cc1Cl. The second kappa shape index (κ2) is 10.8. The third-order valence-corrected chi connectivity index (χ3v) is 8.22. The number of carbonyl (C=O) groups is 1. The van der Waals surface area contributed by atoms with Gasteiger partial charge in [0.15, 0.2) is 0 Å². The maximum absolute atomic E-state index is 13.6. The van der Waals surface area contributed by atoms with Crippen LogP contribution in [0.25, 0.3) is 0 Å². The zero-order valence-electron chi connectivity index (χ0n) is 20.0. The minimum Gasteiger partial charge on any atom is -0.495 e. The molecule has 4 rings (SSSR count). The van der Waals surface area contributed by atoms with Gasteiger partial charge in [0.2, 0.25) is 5.91 Å². The topological polar surface area (TPSA) is 70.2 Å². The molecule has 1 heterocycles. The second-order valence-electron chi connectivity index (χ2n) is 8.49. The van der Waals surface area contributed by atoms with Gasteiger partial charge in [-0.3, -0.25) is 9.10 Å². The largest absolute Gasteiger partial charge is 0.495 e. The van der Waals surface area contributed by atoms with E-state index < -0.39 is 10.0 Å². The Hall–Kier alpha value is -3.30. The maximum atomic E-state index is 13.6. The van der Waals surface area contributed by atoms with Gasteiger partial charge in [0.1, 0.15) is 18.1 Å². The molecule has 0 N–H and O–H groups in total. The summed E-state index contributed by atoms with van der Waals surface area (Å²) in [6, 6.07) is 17.3. The van der Waals surface area contributed by atoms with Crippen molar-refractivity contribution in [3.63, 3.8) is 0 Å². The number of aryl methyl sites for hydroxylation is 1. The van der Waals surface area contributed by atoms with E-state index >= 15 is 0 Å². The zero-order chi connectivity index (χ0) is 25.9. The highest BCUT2D eigenvalue weighted by atomic mass is 35.5. The Morgan fingerprint density at radius 2 is 1.64 bits per heavy atom. The predicted molar refractivity (Wildman–Crippen MR) is 139 cm³/mol. The molecule has 3 aromatic carbocycles. The van der Waals surface area contributed by atoms with Gasteiger partial charge in [0, 0.05) is 31.9 Å². The van der Waals surface area contributed by atoms with Crippen LogP contribution in [0.5, 0.6) is 5.75 Å². The first kappa shape index (κ1) is 25.8. The molecular formula is C26H27ClFN3O4S. The average molecular weight is 532 g/mol. The Bertz CT molecular complexity index is 1330. The predicted octanol–water partition coefficient (Wildman–Crippen LogP) is 4.34. The molecule has 7 nitrogen and oxygen atoms in total. The van der Waals surface area contributed by atoms with Crippen molar-refractivity contribution >= 4 is 38.9 Å². The van der Waals surface area contributed by atoms with Crippen molar-refractivity contribution in [3.8, 4) is 5.75 Å². The molecule has 0 aromatic heterocycles. The van der Waals surface area contributed by atoms with Crippen molar-refractivity contribution in [2.45, 2.75) is 11.8 Å². The summed E-state index contributed by atoms with van der Waals surface area (Å²) in [7, 11) is -2.59. The Labute approximate surface area is 215 Å². The van der Waals surface area contributed by atoms with Crippen LogP contribution < -0.4 is 13.9 Å². The van der Waals surface area contributed by atoms with Crippen molar-refractivity contribution in [3.05, 3.63) is 83.1 Å². The van der Waals surface area contributed by atoms with Gasteiger partial charge >= 0.3 is 0 Å². The fourth-order valence-corrected chi connectivity index (χ4v) is 5.71. The summed E-state index contributed by atoms with van der Waals surface area (Å²) in [5.41, 5.74) is 2.06.